The van der Waals surface area contributed by atoms with Crippen LogP contribution in [0.5, 0.6) is 0 Å². The van der Waals surface area contributed by atoms with Crippen molar-refractivity contribution in [3.8, 4) is 0 Å². The molecule has 0 bridgehead atoms. The summed E-state index contributed by atoms with van der Waals surface area (Å²) in [6, 6.07) is 13.0. The Labute approximate surface area is 184 Å². The zero-order valence-electron chi connectivity index (χ0n) is 19.0. The summed E-state index contributed by atoms with van der Waals surface area (Å²) in [7, 11) is 0. The molecule has 0 aliphatic rings. The molecule has 1 unspecified atom stereocenters. The van der Waals surface area contributed by atoms with Crippen LogP contribution in [0.25, 0.3) is 0 Å². The average molecular weight is 426 g/mol. The van der Waals surface area contributed by atoms with Gasteiger partial charge in [-0.1, -0.05) is 18.2 Å². The molecule has 0 aliphatic heterocycles. The first-order valence-corrected chi connectivity index (χ1v) is 10.6. The summed E-state index contributed by atoms with van der Waals surface area (Å²) in [5.74, 6) is -0.404. The Morgan fingerprint density at radius 1 is 0.871 bits per heavy atom. The van der Waals surface area contributed by atoms with E-state index in [4.69, 9.17) is 0 Å². The fourth-order valence-electron chi connectivity index (χ4n) is 3.22. The van der Waals surface area contributed by atoms with E-state index in [0.717, 1.165) is 10.5 Å². The van der Waals surface area contributed by atoms with Gasteiger partial charge in [0.05, 0.1) is 12.6 Å². The number of likely N-dealkylation sites (N-methyl/N-ethyl adjacent to an activating group) is 1. The second-order valence-electron chi connectivity index (χ2n) is 7.90. The molecule has 2 aromatic rings. The van der Waals surface area contributed by atoms with E-state index in [1.807, 2.05) is 19.9 Å². The highest BCUT2D eigenvalue weighted by atomic mass is 16.2. The fourth-order valence-corrected chi connectivity index (χ4v) is 3.22. The van der Waals surface area contributed by atoms with Crippen molar-refractivity contribution < 1.29 is 19.3 Å². The van der Waals surface area contributed by atoms with Gasteiger partial charge in [-0.3, -0.25) is 14.4 Å². The van der Waals surface area contributed by atoms with Gasteiger partial charge < -0.3 is 20.9 Å². The smallest absolute Gasteiger partial charge is 0.279 e. The third kappa shape index (κ3) is 7.86. The van der Waals surface area contributed by atoms with Crippen LogP contribution in [0.15, 0.2) is 42.5 Å². The van der Waals surface area contributed by atoms with Crippen LogP contribution in [0, 0.1) is 13.8 Å². The summed E-state index contributed by atoms with van der Waals surface area (Å²) in [4.78, 5) is 36.9. The molecule has 4 N–H and O–H groups in total. The molecule has 0 aromatic heterocycles. The quantitative estimate of drug-likeness (QED) is 0.495. The Kier molecular flexibility index (Phi) is 8.75. The predicted molar refractivity (Wildman–Crippen MR) is 123 cm³/mol. The number of hydrogen-bond acceptors (Lipinski definition) is 3. The molecule has 2 atom stereocenters. The summed E-state index contributed by atoms with van der Waals surface area (Å²) < 4.78 is 0. The fraction of sp³-hybridized carbons (Fsp3) is 0.375. The second-order valence-corrected chi connectivity index (χ2v) is 7.90. The van der Waals surface area contributed by atoms with E-state index in [9.17, 15) is 14.4 Å². The van der Waals surface area contributed by atoms with Crippen LogP contribution in [0.2, 0.25) is 0 Å². The second kappa shape index (κ2) is 11.3. The number of rotatable bonds is 9. The SMILES string of the molecule is CC[NH+](CC(=O)Nc1ccc(NC(C)=O)cc1)CC(=O)N[C@H](C)c1ccc(C)c(C)c1. The minimum Gasteiger partial charge on any atom is -0.345 e. The molecule has 2 rings (SSSR count). The van der Waals surface area contributed by atoms with E-state index in [-0.39, 0.29) is 36.9 Å². The van der Waals surface area contributed by atoms with Crippen molar-refractivity contribution in [2.24, 2.45) is 0 Å². The first-order valence-electron chi connectivity index (χ1n) is 10.6. The van der Waals surface area contributed by atoms with Crippen LogP contribution < -0.4 is 20.9 Å². The number of nitrogens with one attached hydrogen (secondary N) is 4. The van der Waals surface area contributed by atoms with E-state index in [1.165, 1.54) is 18.1 Å². The molecule has 31 heavy (non-hydrogen) atoms. The molecular formula is C24H33N4O3+. The monoisotopic (exact) mass is 425 g/mol. The van der Waals surface area contributed by atoms with Crippen molar-refractivity contribution in [2.45, 2.75) is 40.7 Å². The molecule has 0 aliphatic carbocycles. The Morgan fingerprint density at radius 2 is 1.45 bits per heavy atom. The Bertz CT molecular complexity index is 925. The maximum Gasteiger partial charge on any atom is 0.279 e. The molecule has 2 aromatic carbocycles. The van der Waals surface area contributed by atoms with E-state index < -0.39 is 0 Å². The number of benzene rings is 2. The molecule has 0 spiro atoms. The van der Waals surface area contributed by atoms with Crippen molar-refractivity contribution in [3.05, 3.63) is 59.2 Å². The highest BCUT2D eigenvalue weighted by molar-refractivity contribution is 5.92. The lowest BCUT2D eigenvalue weighted by molar-refractivity contribution is -0.881. The third-order valence-corrected chi connectivity index (χ3v) is 5.22. The van der Waals surface area contributed by atoms with Gasteiger partial charge in [0, 0.05) is 18.3 Å². The van der Waals surface area contributed by atoms with Gasteiger partial charge in [-0.25, -0.2) is 0 Å². The molecule has 7 heteroatoms. The van der Waals surface area contributed by atoms with Crippen LogP contribution in [-0.4, -0.2) is 37.4 Å². The van der Waals surface area contributed by atoms with Gasteiger partial charge >= 0.3 is 0 Å². The van der Waals surface area contributed by atoms with Gasteiger partial charge in [0.1, 0.15) is 0 Å². The molecule has 0 heterocycles. The number of aryl methyl sites for hydroxylation is 2. The lowest BCUT2D eigenvalue weighted by atomic mass is 10.0. The largest absolute Gasteiger partial charge is 0.345 e. The summed E-state index contributed by atoms with van der Waals surface area (Å²) in [6.45, 7) is 10.5. The topological polar surface area (TPSA) is 91.7 Å². The van der Waals surface area contributed by atoms with Crippen LogP contribution in [0.3, 0.4) is 0 Å². The molecule has 7 nitrogen and oxygen atoms in total. The number of amides is 3. The van der Waals surface area contributed by atoms with Crippen molar-refractivity contribution in [2.75, 3.05) is 30.3 Å². The highest BCUT2D eigenvalue weighted by Crippen LogP contribution is 2.16. The van der Waals surface area contributed by atoms with E-state index >= 15 is 0 Å². The highest BCUT2D eigenvalue weighted by Gasteiger charge is 2.18. The number of anilines is 2. The first kappa shape index (κ1) is 24.1. The summed E-state index contributed by atoms with van der Waals surface area (Å²) >= 11 is 0. The van der Waals surface area contributed by atoms with E-state index in [1.54, 1.807) is 24.3 Å². The van der Waals surface area contributed by atoms with E-state index in [0.29, 0.717) is 17.9 Å². The predicted octanol–water partition coefficient (Wildman–Crippen LogP) is 1.98. The van der Waals surface area contributed by atoms with Crippen LogP contribution >= 0.6 is 0 Å². The van der Waals surface area contributed by atoms with Crippen LogP contribution in [0.1, 0.15) is 43.5 Å². The van der Waals surface area contributed by atoms with Gasteiger partial charge in [-0.05, 0) is 68.7 Å². The molecule has 0 saturated carbocycles. The number of quaternary nitrogens is 1. The van der Waals surface area contributed by atoms with Crippen molar-refractivity contribution in [1.82, 2.24) is 5.32 Å². The van der Waals surface area contributed by atoms with Crippen LogP contribution in [0.4, 0.5) is 11.4 Å². The van der Waals surface area contributed by atoms with Gasteiger partial charge in [0.25, 0.3) is 11.8 Å². The van der Waals surface area contributed by atoms with Crippen LogP contribution in [-0.2, 0) is 14.4 Å². The maximum atomic E-state index is 12.5. The Morgan fingerprint density at radius 3 is 2.00 bits per heavy atom. The maximum absolute atomic E-state index is 12.5. The minimum absolute atomic E-state index is 0.0879. The van der Waals surface area contributed by atoms with Crippen molar-refractivity contribution in [1.29, 1.82) is 0 Å². The van der Waals surface area contributed by atoms with Gasteiger partial charge in [-0.2, -0.15) is 0 Å². The zero-order valence-corrected chi connectivity index (χ0v) is 19.0. The summed E-state index contributed by atoms with van der Waals surface area (Å²) in [5.41, 5.74) is 4.79. The lowest BCUT2D eigenvalue weighted by Crippen LogP contribution is -3.14. The Hall–Kier alpha value is -3.19. The average Bonchev–Trinajstić information content (AvgIpc) is 2.70. The molecule has 0 fully saturated rings. The Balaban J connectivity index is 1.85. The standard InChI is InChI=1S/C24H32N4O3/c1-6-28(14-23(30)25-18(4)20-8-7-16(2)17(3)13-20)15-24(31)27-22-11-9-21(10-12-22)26-19(5)29/h7-13,18H,6,14-15H2,1-5H3,(H,25,30)(H,26,29)(H,27,31)/p+1/t18-/m1/s1. The molecular weight excluding hydrogens is 392 g/mol. The lowest BCUT2D eigenvalue weighted by Gasteiger charge is -2.20. The number of carbonyl (C=O) groups is 3. The number of hydrogen-bond donors (Lipinski definition) is 4. The summed E-state index contributed by atoms with van der Waals surface area (Å²) in [6.07, 6.45) is 0. The first-order chi connectivity index (χ1) is 14.7. The molecule has 0 saturated heterocycles. The zero-order chi connectivity index (χ0) is 23.0. The normalized spacial score (nSPS) is 12.5. The van der Waals surface area contributed by atoms with Gasteiger partial charge in [0.15, 0.2) is 13.1 Å². The molecule has 3 amide bonds. The minimum atomic E-state index is -0.167. The molecule has 0 radical (unpaired) electrons. The van der Waals surface area contributed by atoms with Crippen molar-refractivity contribution >= 4 is 29.1 Å². The van der Waals surface area contributed by atoms with Gasteiger partial charge in [-0.15, -0.1) is 0 Å². The number of carbonyl (C=O) groups excluding carboxylic acids is 3. The van der Waals surface area contributed by atoms with E-state index in [2.05, 4.69) is 41.9 Å². The molecule has 166 valence electrons. The van der Waals surface area contributed by atoms with Crippen molar-refractivity contribution in [3.63, 3.8) is 0 Å². The van der Waals surface area contributed by atoms with Gasteiger partial charge in [0.2, 0.25) is 5.91 Å². The summed E-state index contributed by atoms with van der Waals surface area (Å²) in [5, 5.41) is 8.54. The third-order valence-electron chi connectivity index (χ3n) is 5.22.